The van der Waals surface area contributed by atoms with Crippen molar-refractivity contribution in [1.82, 2.24) is 5.43 Å². The van der Waals surface area contributed by atoms with Crippen LogP contribution in [0.25, 0.3) is 0 Å². The molecule has 2 aromatic carbocycles. The van der Waals surface area contributed by atoms with Gasteiger partial charge in [0, 0.05) is 28.8 Å². The van der Waals surface area contributed by atoms with Gasteiger partial charge < -0.3 is 5.32 Å². The Bertz CT molecular complexity index is 758. The van der Waals surface area contributed by atoms with Crippen molar-refractivity contribution in [2.75, 3.05) is 5.32 Å². The summed E-state index contributed by atoms with van der Waals surface area (Å²) < 4.78 is 0. The number of carbonyl (C=O) groups excluding carboxylic acids is 2. The summed E-state index contributed by atoms with van der Waals surface area (Å²) in [5, 5.41) is 7.44. The summed E-state index contributed by atoms with van der Waals surface area (Å²) in [6, 6.07) is 11.4. The maximum Gasteiger partial charge on any atom is 0.271 e. The molecule has 0 radical (unpaired) electrons. The largest absolute Gasteiger partial charge is 0.326 e. The van der Waals surface area contributed by atoms with Crippen molar-refractivity contribution in [2.45, 2.75) is 6.92 Å². The molecule has 2 N–H and O–H groups in total. The Kier molecular flexibility index (Phi) is 5.73. The van der Waals surface area contributed by atoms with Gasteiger partial charge in [0.15, 0.2) is 0 Å². The zero-order valence-electron chi connectivity index (χ0n) is 12.1. The smallest absolute Gasteiger partial charge is 0.271 e. The molecule has 2 aromatic rings. The summed E-state index contributed by atoms with van der Waals surface area (Å²) in [5.41, 5.74) is 4.07. The minimum Gasteiger partial charge on any atom is -0.326 e. The molecule has 0 saturated carbocycles. The highest BCUT2D eigenvalue weighted by Crippen LogP contribution is 2.19. The minimum atomic E-state index is -0.374. The molecular formula is C16H13Cl2N3O2. The molecule has 0 spiro atoms. The van der Waals surface area contributed by atoms with E-state index in [4.69, 9.17) is 23.2 Å². The van der Waals surface area contributed by atoms with Gasteiger partial charge in [-0.05, 0) is 36.4 Å². The zero-order chi connectivity index (χ0) is 16.8. The fraction of sp³-hybridized carbons (Fsp3) is 0.0625. The van der Waals surface area contributed by atoms with Crippen LogP contribution in [0.15, 0.2) is 47.6 Å². The lowest BCUT2D eigenvalue weighted by Crippen LogP contribution is -2.17. The molecular weight excluding hydrogens is 337 g/mol. The Hall–Kier alpha value is -2.37. The van der Waals surface area contributed by atoms with Crippen LogP contribution in [0.2, 0.25) is 10.0 Å². The molecule has 0 saturated heterocycles. The number of hydrogen-bond acceptors (Lipinski definition) is 3. The lowest BCUT2D eigenvalue weighted by molar-refractivity contribution is -0.114. The van der Waals surface area contributed by atoms with Crippen molar-refractivity contribution in [2.24, 2.45) is 5.10 Å². The van der Waals surface area contributed by atoms with E-state index < -0.39 is 0 Å². The van der Waals surface area contributed by atoms with Crippen LogP contribution in [0.5, 0.6) is 0 Å². The average molecular weight is 350 g/mol. The fourth-order valence-electron chi connectivity index (χ4n) is 1.74. The SMILES string of the molecule is CC(=O)Nc1ccc(C(=O)N/N=C/c2ccc(Cl)cc2Cl)cc1. The van der Waals surface area contributed by atoms with Crippen LogP contribution in [0.3, 0.4) is 0 Å². The van der Waals surface area contributed by atoms with Gasteiger partial charge in [-0.15, -0.1) is 0 Å². The maximum absolute atomic E-state index is 11.9. The van der Waals surface area contributed by atoms with E-state index in [1.807, 2.05) is 0 Å². The fourth-order valence-corrected chi connectivity index (χ4v) is 2.20. The Morgan fingerprint density at radius 2 is 1.78 bits per heavy atom. The van der Waals surface area contributed by atoms with Crippen molar-refractivity contribution >= 4 is 46.9 Å². The average Bonchev–Trinajstić information content (AvgIpc) is 2.49. The molecule has 0 aromatic heterocycles. The highest BCUT2D eigenvalue weighted by Gasteiger charge is 2.05. The van der Waals surface area contributed by atoms with Crippen LogP contribution < -0.4 is 10.7 Å². The van der Waals surface area contributed by atoms with E-state index in [0.29, 0.717) is 26.9 Å². The number of amides is 2. The van der Waals surface area contributed by atoms with E-state index in [1.165, 1.54) is 13.1 Å². The van der Waals surface area contributed by atoms with Crippen LogP contribution in [0.1, 0.15) is 22.8 Å². The van der Waals surface area contributed by atoms with Crippen molar-refractivity contribution in [1.29, 1.82) is 0 Å². The lowest BCUT2D eigenvalue weighted by Gasteiger charge is -2.04. The number of rotatable bonds is 4. The number of carbonyl (C=O) groups is 2. The first-order chi connectivity index (χ1) is 11.0. The highest BCUT2D eigenvalue weighted by molar-refractivity contribution is 6.36. The standard InChI is InChI=1S/C16H13Cl2N3O2/c1-10(22)20-14-6-3-11(4-7-14)16(23)21-19-9-12-2-5-13(17)8-15(12)18/h2-9H,1H3,(H,20,22)(H,21,23)/b19-9+. The molecule has 2 amide bonds. The first kappa shape index (κ1) is 17.0. The van der Waals surface area contributed by atoms with Crippen LogP contribution in [0.4, 0.5) is 5.69 Å². The van der Waals surface area contributed by atoms with Crippen molar-refractivity contribution < 1.29 is 9.59 Å². The third-order valence-corrected chi connectivity index (χ3v) is 3.36. The van der Waals surface area contributed by atoms with Crippen molar-refractivity contribution in [3.63, 3.8) is 0 Å². The molecule has 7 heteroatoms. The van der Waals surface area contributed by atoms with Gasteiger partial charge in [0.1, 0.15) is 0 Å². The minimum absolute atomic E-state index is 0.174. The summed E-state index contributed by atoms with van der Waals surface area (Å²) in [7, 11) is 0. The van der Waals surface area contributed by atoms with Crippen molar-refractivity contribution in [3.8, 4) is 0 Å². The molecule has 0 aliphatic rings. The van der Waals surface area contributed by atoms with Gasteiger partial charge in [-0.3, -0.25) is 9.59 Å². The highest BCUT2D eigenvalue weighted by atomic mass is 35.5. The molecule has 0 bridgehead atoms. The first-order valence-corrected chi connectivity index (χ1v) is 7.37. The van der Waals surface area contributed by atoms with Crippen molar-refractivity contribution in [3.05, 3.63) is 63.6 Å². The van der Waals surface area contributed by atoms with E-state index in [0.717, 1.165) is 0 Å². The molecule has 0 heterocycles. The monoisotopic (exact) mass is 349 g/mol. The maximum atomic E-state index is 11.9. The number of nitrogens with zero attached hydrogens (tertiary/aromatic N) is 1. The summed E-state index contributed by atoms with van der Waals surface area (Å²) >= 11 is 11.8. The molecule has 0 unspecified atom stereocenters. The third-order valence-electron chi connectivity index (χ3n) is 2.80. The number of anilines is 1. The van der Waals surface area contributed by atoms with Gasteiger partial charge in [-0.25, -0.2) is 5.43 Å². The number of benzene rings is 2. The van der Waals surface area contributed by atoms with E-state index in [2.05, 4.69) is 15.8 Å². The molecule has 2 rings (SSSR count). The third kappa shape index (κ3) is 5.09. The quantitative estimate of drug-likeness (QED) is 0.652. The van der Waals surface area contributed by atoms with E-state index in [1.54, 1.807) is 42.5 Å². The van der Waals surface area contributed by atoms with Gasteiger partial charge >= 0.3 is 0 Å². The van der Waals surface area contributed by atoms with E-state index in [-0.39, 0.29) is 11.8 Å². The molecule has 5 nitrogen and oxygen atoms in total. The lowest BCUT2D eigenvalue weighted by atomic mass is 10.2. The Morgan fingerprint density at radius 1 is 1.09 bits per heavy atom. The van der Waals surface area contributed by atoms with Gasteiger partial charge in [-0.2, -0.15) is 5.10 Å². The molecule has 0 atom stereocenters. The van der Waals surface area contributed by atoms with Crippen LogP contribution in [-0.4, -0.2) is 18.0 Å². The van der Waals surface area contributed by atoms with Crippen LogP contribution in [-0.2, 0) is 4.79 Å². The van der Waals surface area contributed by atoms with E-state index >= 15 is 0 Å². The molecule has 0 aliphatic carbocycles. The van der Waals surface area contributed by atoms with E-state index in [9.17, 15) is 9.59 Å². The first-order valence-electron chi connectivity index (χ1n) is 6.62. The summed E-state index contributed by atoms with van der Waals surface area (Å²) in [6.07, 6.45) is 1.43. The normalized spacial score (nSPS) is 10.6. The van der Waals surface area contributed by atoms with Gasteiger partial charge in [-0.1, -0.05) is 29.3 Å². The molecule has 118 valence electrons. The summed E-state index contributed by atoms with van der Waals surface area (Å²) in [4.78, 5) is 22.9. The Balaban J connectivity index is 1.98. The van der Waals surface area contributed by atoms with Gasteiger partial charge in [0.2, 0.25) is 5.91 Å². The Labute approximate surface area is 143 Å². The Morgan fingerprint density at radius 3 is 2.39 bits per heavy atom. The predicted molar refractivity (Wildman–Crippen MR) is 92.3 cm³/mol. The second-order valence-corrected chi connectivity index (χ2v) is 5.47. The number of nitrogens with one attached hydrogen (secondary N) is 2. The zero-order valence-corrected chi connectivity index (χ0v) is 13.7. The van der Waals surface area contributed by atoms with Gasteiger partial charge in [0.05, 0.1) is 11.2 Å². The summed E-state index contributed by atoms with van der Waals surface area (Å²) in [5.74, 6) is -0.549. The predicted octanol–water partition coefficient (Wildman–Crippen LogP) is 3.72. The summed E-state index contributed by atoms with van der Waals surface area (Å²) in [6.45, 7) is 1.41. The topological polar surface area (TPSA) is 70.6 Å². The van der Waals surface area contributed by atoms with Crippen LogP contribution >= 0.6 is 23.2 Å². The van der Waals surface area contributed by atoms with Crippen LogP contribution in [0, 0.1) is 0 Å². The second-order valence-electron chi connectivity index (χ2n) is 4.62. The van der Waals surface area contributed by atoms with Gasteiger partial charge in [0.25, 0.3) is 5.91 Å². The molecule has 23 heavy (non-hydrogen) atoms. The number of hydrogen-bond donors (Lipinski definition) is 2. The number of hydrazone groups is 1. The molecule has 0 fully saturated rings. The second kappa shape index (κ2) is 7.76. The molecule has 0 aliphatic heterocycles. The number of halogens is 2.